The van der Waals surface area contributed by atoms with Crippen molar-refractivity contribution in [2.75, 3.05) is 32.7 Å². The first-order valence-corrected chi connectivity index (χ1v) is 6.43. The van der Waals surface area contributed by atoms with Gasteiger partial charge in [-0.15, -0.1) is 0 Å². The fourth-order valence-corrected chi connectivity index (χ4v) is 2.55. The highest BCUT2D eigenvalue weighted by molar-refractivity contribution is 5.03. The van der Waals surface area contributed by atoms with E-state index in [4.69, 9.17) is 0 Å². The largest absolute Gasteiger partial charge is 0.316 e. The second-order valence-electron chi connectivity index (χ2n) is 5.10. The molecule has 0 radical (unpaired) electrons. The first kappa shape index (κ1) is 11.2. The van der Waals surface area contributed by atoms with Crippen molar-refractivity contribution >= 4 is 0 Å². The summed E-state index contributed by atoms with van der Waals surface area (Å²) in [5, 5.41) is 3.50. The summed E-state index contributed by atoms with van der Waals surface area (Å²) >= 11 is 0. The Balaban J connectivity index is 1.65. The van der Waals surface area contributed by atoms with Crippen LogP contribution in [0.25, 0.3) is 0 Å². The predicted octanol–water partition coefficient (Wildman–Crippen LogP) is 2.03. The SMILES string of the molecule is CC1=CCN(CCC2CCCNC2)CC1. The quantitative estimate of drug-likeness (QED) is 0.714. The monoisotopic (exact) mass is 208 g/mol. The van der Waals surface area contributed by atoms with Gasteiger partial charge >= 0.3 is 0 Å². The molecule has 15 heavy (non-hydrogen) atoms. The van der Waals surface area contributed by atoms with Crippen molar-refractivity contribution in [3.8, 4) is 0 Å². The molecule has 1 atom stereocenters. The van der Waals surface area contributed by atoms with E-state index < -0.39 is 0 Å². The van der Waals surface area contributed by atoms with E-state index in [1.807, 2.05) is 0 Å². The molecule has 2 nitrogen and oxygen atoms in total. The first-order chi connectivity index (χ1) is 7.34. The van der Waals surface area contributed by atoms with Gasteiger partial charge in [0.15, 0.2) is 0 Å². The van der Waals surface area contributed by atoms with Gasteiger partial charge in [0.2, 0.25) is 0 Å². The van der Waals surface area contributed by atoms with Crippen LogP contribution in [0, 0.1) is 5.92 Å². The molecule has 0 amide bonds. The normalized spacial score (nSPS) is 28.9. The minimum Gasteiger partial charge on any atom is -0.316 e. The van der Waals surface area contributed by atoms with Crippen molar-refractivity contribution in [1.82, 2.24) is 10.2 Å². The third-order valence-corrected chi connectivity index (χ3v) is 3.77. The van der Waals surface area contributed by atoms with Crippen LogP contribution in [0.5, 0.6) is 0 Å². The van der Waals surface area contributed by atoms with Gasteiger partial charge in [0.05, 0.1) is 0 Å². The van der Waals surface area contributed by atoms with Crippen LogP contribution in [-0.2, 0) is 0 Å². The van der Waals surface area contributed by atoms with E-state index in [-0.39, 0.29) is 0 Å². The lowest BCUT2D eigenvalue weighted by molar-refractivity contribution is 0.250. The Bertz CT molecular complexity index is 217. The molecule has 2 rings (SSSR count). The van der Waals surface area contributed by atoms with Crippen molar-refractivity contribution < 1.29 is 0 Å². The highest BCUT2D eigenvalue weighted by Crippen LogP contribution is 2.16. The lowest BCUT2D eigenvalue weighted by Crippen LogP contribution is -2.34. The summed E-state index contributed by atoms with van der Waals surface area (Å²) in [5.74, 6) is 0.936. The third kappa shape index (κ3) is 3.62. The lowest BCUT2D eigenvalue weighted by Gasteiger charge is -2.29. The fraction of sp³-hybridized carbons (Fsp3) is 0.846. The molecule has 0 aromatic carbocycles. The Hall–Kier alpha value is -0.340. The molecule has 86 valence electrons. The summed E-state index contributed by atoms with van der Waals surface area (Å²) < 4.78 is 0. The molecule has 0 aromatic heterocycles. The van der Waals surface area contributed by atoms with Crippen molar-refractivity contribution in [3.63, 3.8) is 0 Å². The van der Waals surface area contributed by atoms with Crippen molar-refractivity contribution in [2.24, 2.45) is 5.92 Å². The Labute approximate surface area is 93.7 Å². The summed E-state index contributed by atoms with van der Waals surface area (Å²) in [6.45, 7) is 8.51. The highest BCUT2D eigenvalue weighted by atomic mass is 15.1. The second kappa shape index (κ2) is 5.66. The van der Waals surface area contributed by atoms with Crippen LogP contribution in [0.2, 0.25) is 0 Å². The Morgan fingerprint density at radius 2 is 2.47 bits per heavy atom. The van der Waals surface area contributed by atoms with Gasteiger partial charge in [-0.1, -0.05) is 11.6 Å². The summed E-state index contributed by atoms with van der Waals surface area (Å²) in [7, 11) is 0. The smallest absolute Gasteiger partial charge is 0.0165 e. The maximum absolute atomic E-state index is 3.50. The van der Waals surface area contributed by atoms with Crippen LogP contribution >= 0.6 is 0 Å². The molecular formula is C13H24N2. The zero-order valence-electron chi connectivity index (χ0n) is 9.97. The molecule has 0 spiro atoms. The van der Waals surface area contributed by atoms with E-state index in [1.54, 1.807) is 5.57 Å². The van der Waals surface area contributed by atoms with Gasteiger partial charge in [0.25, 0.3) is 0 Å². The summed E-state index contributed by atoms with van der Waals surface area (Å²) in [5.41, 5.74) is 1.57. The highest BCUT2D eigenvalue weighted by Gasteiger charge is 2.15. The van der Waals surface area contributed by atoms with Crippen molar-refractivity contribution in [2.45, 2.75) is 32.6 Å². The van der Waals surface area contributed by atoms with Gasteiger partial charge in [-0.25, -0.2) is 0 Å². The molecule has 2 heterocycles. The van der Waals surface area contributed by atoms with Crippen LogP contribution < -0.4 is 5.32 Å². The Morgan fingerprint density at radius 3 is 3.13 bits per heavy atom. The number of hydrogen-bond donors (Lipinski definition) is 1. The van der Waals surface area contributed by atoms with Gasteiger partial charge in [0, 0.05) is 13.1 Å². The van der Waals surface area contributed by atoms with Gasteiger partial charge in [0.1, 0.15) is 0 Å². The third-order valence-electron chi connectivity index (χ3n) is 3.77. The molecule has 2 aliphatic rings. The molecular weight excluding hydrogens is 184 g/mol. The molecule has 2 heteroatoms. The van der Waals surface area contributed by atoms with E-state index >= 15 is 0 Å². The molecule has 2 aliphatic heterocycles. The lowest BCUT2D eigenvalue weighted by atomic mass is 9.96. The fourth-order valence-electron chi connectivity index (χ4n) is 2.55. The summed E-state index contributed by atoms with van der Waals surface area (Å²) in [6.07, 6.45) is 7.88. The van der Waals surface area contributed by atoms with E-state index in [2.05, 4.69) is 23.2 Å². The number of piperidine rings is 1. The molecule has 0 bridgehead atoms. The molecule has 1 unspecified atom stereocenters. The Morgan fingerprint density at radius 1 is 1.53 bits per heavy atom. The van der Waals surface area contributed by atoms with E-state index in [1.165, 1.54) is 58.4 Å². The minimum atomic E-state index is 0.936. The van der Waals surface area contributed by atoms with Crippen LogP contribution in [-0.4, -0.2) is 37.6 Å². The zero-order valence-corrected chi connectivity index (χ0v) is 9.97. The molecule has 0 saturated carbocycles. The maximum Gasteiger partial charge on any atom is 0.0165 e. The van der Waals surface area contributed by atoms with Crippen LogP contribution in [0.1, 0.15) is 32.6 Å². The van der Waals surface area contributed by atoms with Gasteiger partial charge in [-0.2, -0.15) is 0 Å². The van der Waals surface area contributed by atoms with Crippen molar-refractivity contribution in [3.05, 3.63) is 11.6 Å². The molecule has 1 fully saturated rings. The number of nitrogens with zero attached hydrogens (tertiary/aromatic N) is 1. The van der Waals surface area contributed by atoms with Gasteiger partial charge < -0.3 is 5.32 Å². The average Bonchev–Trinajstić information content (AvgIpc) is 2.30. The predicted molar refractivity (Wildman–Crippen MR) is 65.0 cm³/mol. The van der Waals surface area contributed by atoms with Crippen LogP contribution in [0.15, 0.2) is 11.6 Å². The second-order valence-corrected chi connectivity index (χ2v) is 5.10. The standard InChI is InChI=1S/C13H24N2/c1-12-4-8-15(9-5-12)10-6-13-3-2-7-14-11-13/h4,13-14H,2-3,5-11H2,1H3. The van der Waals surface area contributed by atoms with E-state index in [9.17, 15) is 0 Å². The van der Waals surface area contributed by atoms with Crippen LogP contribution in [0.4, 0.5) is 0 Å². The first-order valence-electron chi connectivity index (χ1n) is 6.43. The minimum absolute atomic E-state index is 0.936. The maximum atomic E-state index is 3.50. The topological polar surface area (TPSA) is 15.3 Å². The Kier molecular flexibility index (Phi) is 4.21. The molecule has 0 aliphatic carbocycles. The van der Waals surface area contributed by atoms with E-state index in [0.29, 0.717) is 0 Å². The number of rotatable bonds is 3. The zero-order chi connectivity index (χ0) is 10.5. The van der Waals surface area contributed by atoms with Gasteiger partial charge in [-0.05, 0) is 58.2 Å². The van der Waals surface area contributed by atoms with Crippen molar-refractivity contribution in [1.29, 1.82) is 0 Å². The number of hydrogen-bond acceptors (Lipinski definition) is 2. The van der Waals surface area contributed by atoms with Crippen LogP contribution in [0.3, 0.4) is 0 Å². The van der Waals surface area contributed by atoms with Gasteiger partial charge in [-0.3, -0.25) is 4.90 Å². The average molecular weight is 208 g/mol. The molecule has 1 N–H and O–H groups in total. The number of nitrogens with one attached hydrogen (secondary N) is 1. The molecule has 1 saturated heterocycles. The molecule has 0 aromatic rings. The summed E-state index contributed by atoms with van der Waals surface area (Å²) in [4.78, 5) is 2.60. The van der Waals surface area contributed by atoms with E-state index in [0.717, 1.165) is 5.92 Å². The summed E-state index contributed by atoms with van der Waals surface area (Å²) in [6, 6.07) is 0.